The molecule has 0 unspecified atom stereocenters. The maximum atomic E-state index is 11.8. The summed E-state index contributed by atoms with van der Waals surface area (Å²) in [6.45, 7) is -0.487. The summed E-state index contributed by atoms with van der Waals surface area (Å²) in [6.07, 6.45) is 1.56. The Labute approximate surface area is 146 Å². The molecule has 0 radical (unpaired) electrons. The van der Waals surface area contributed by atoms with Gasteiger partial charge in [0.1, 0.15) is 5.69 Å². The molecule has 120 valence electrons. The van der Waals surface area contributed by atoms with E-state index in [0.717, 1.165) is 0 Å². The van der Waals surface area contributed by atoms with Crippen molar-refractivity contribution in [2.24, 2.45) is 0 Å². The molecule has 10 heteroatoms. The van der Waals surface area contributed by atoms with Crippen molar-refractivity contribution in [1.82, 2.24) is 4.98 Å². The molecule has 0 saturated heterocycles. The number of amides is 1. The maximum absolute atomic E-state index is 11.8. The fourth-order valence-electron chi connectivity index (χ4n) is 1.60. The molecule has 1 aromatic heterocycles. The van der Waals surface area contributed by atoms with Crippen molar-refractivity contribution in [2.75, 3.05) is 11.9 Å². The highest BCUT2D eigenvalue weighted by Crippen LogP contribution is 2.27. The van der Waals surface area contributed by atoms with Crippen molar-refractivity contribution in [2.45, 2.75) is 0 Å². The number of nitrogens with zero attached hydrogens (tertiary/aromatic N) is 1. The predicted molar refractivity (Wildman–Crippen MR) is 88.2 cm³/mol. The number of benzene rings is 1. The number of carbonyl (C=O) groups is 2. The minimum absolute atomic E-state index is 0.112. The summed E-state index contributed by atoms with van der Waals surface area (Å²) in [6, 6.07) is 5.41. The van der Waals surface area contributed by atoms with Crippen LogP contribution in [0.1, 0.15) is 10.5 Å². The standard InChI is InChI=1S/C13H9Br2N3O5/c14-7-3-11(16-5-7)13(20)23-6-12(19)17-10-2-1-8(18(21)22)4-9(10)15/h1-5,16H,6H2,(H,17,19). The van der Waals surface area contributed by atoms with Crippen LogP contribution in [0.3, 0.4) is 0 Å². The van der Waals surface area contributed by atoms with E-state index in [0.29, 0.717) is 14.6 Å². The van der Waals surface area contributed by atoms with Crippen LogP contribution in [0.25, 0.3) is 0 Å². The number of ether oxygens (including phenoxy) is 1. The van der Waals surface area contributed by atoms with E-state index in [2.05, 4.69) is 42.2 Å². The first-order valence-electron chi connectivity index (χ1n) is 6.11. The number of nitro groups is 1. The third-order valence-corrected chi connectivity index (χ3v) is 3.75. The quantitative estimate of drug-likeness (QED) is 0.415. The van der Waals surface area contributed by atoms with Gasteiger partial charge in [0, 0.05) is 27.3 Å². The summed E-state index contributed by atoms with van der Waals surface area (Å²) in [5.41, 5.74) is 0.430. The molecule has 2 aromatic rings. The number of carbonyl (C=O) groups excluding carboxylic acids is 2. The van der Waals surface area contributed by atoms with Gasteiger partial charge in [-0.25, -0.2) is 4.79 Å². The number of esters is 1. The number of H-pyrrole nitrogens is 1. The Hall–Kier alpha value is -2.20. The molecule has 0 spiro atoms. The Morgan fingerprint density at radius 3 is 2.61 bits per heavy atom. The first kappa shape index (κ1) is 17.2. The molecular formula is C13H9Br2N3O5. The molecule has 1 amide bonds. The molecular weight excluding hydrogens is 438 g/mol. The largest absolute Gasteiger partial charge is 0.451 e. The van der Waals surface area contributed by atoms with E-state index in [4.69, 9.17) is 4.74 Å². The Bertz CT molecular complexity index is 775. The zero-order valence-electron chi connectivity index (χ0n) is 11.3. The molecule has 0 aliphatic rings. The fourth-order valence-corrected chi connectivity index (χ4v) is 2.41. The zero-order chi connectivity index (χ0) is 17.0. The van der Waals surface area contributed by atoms with Crippen LogP contribution in [0, 0.1) is 10.1 Å². The molecule has 1 aromatic carbocycles. The molecule has 0 aliphatic carbocycles. The normalized spacial score (nSPS) is 10.2. The van der Waals surface area contributed by atoms with E-state index >= 15 is 0 Å². The highest BCUT2D eigenvalue weighted by Gasteiger charge is 2.14. The minimum atomic E-state index is -0.673. The number of nitro benzene ring substituents is 1. The van der Waals surface area contributed by atoms with Crippen LogP contribution in [-0.2, 0) is 9.53 Å². The smallest absolute Gasteiger partial charge is 0.355 e. The minimum Gasteiger partial charge on any atom is -0.451 e. The lowest BCUT2D eigenvalue weighted by atomic mass is 10.3. The Morgan fingerprint density at radius 2 is 2.04 bits per heavy atom. The number of aromatic amines is 1. The number of aromatic nitrogens is 1. The van der Waals surface area contributed by atoms with Crippen LogP contribution in [-0.4, -0.2) is 28.4 Å². The lowest BCUT2D eigenvalue weighted by Crippen LogP contribution is -2.21. The number of non-ortho nitro benzene ring substituents is 1. The van der Waals surface area contributed by atoms with Crippen molar-refractivity contribution in [3.05, 3.63) is 55.2 Å². The van der Waals surface area contributed by atoms with Crippen LogP contribution >= 0.6 is 31.9 Å². The second-order valence-electron chi connectivity index (χ2n) is 4.28. The summed E-state index contributed by atoms with van der Waals surface area (Å²) >= 11 is 6.30. The number of rotatable bonds is 5. The van der Waals surface area contributed by atoms with Gasteiger partial charge in [-0.1, -0.05) is 0 Å². The van der Waals surface area contributed by atoms with Crippen LogP contribution in [0.2, 0.25) is 0 Å². The van der Waals surface area contributed by atoms with E-state index in [1.807, 2.05) is 0 Å². The second-order valence-corrected chi connectivity index (χ2v) is 6.05. The molecule has 0 saturated carbocycles. The van der Waals surface area contributed by atoms with Gasteiger partial charge in [-0.3, -0.25) is 14.9 Å². The van der Waals surface area contributed by atoms with Crippen LogP contribution in [0.4, 0.5) is 11.4 Å². The van der Waals surface area contributed by atoms with Gasteiger partial charge in [0.25, 0.3) is 11.6 Å². The van der Waals surface area contributed by atoms with Gasteiger partial charge in [0.05, 0.1) is 10.6 Å². The van der Waals surface area contributed by atoms with E-state index in [-0.39, 0.29) is 11.4 Å². The number of halogens is 2. The Balaban J connectivity index is 1.92. The van der Waals surface area contributed by atoms with Crippen molar-refractivity contribution in [3.8, 4) is 0 Å². The Kier molecular flexibility index (Phi) is 5.50. The Morgan fingerprint density at radius 1 is 1.30 bits per heavy atom. The molecule has 0 bridgehead atoms. The van der Waals surface area contributed by atoms with E-state index in [9.17, 15) is 19.7 Å². The predicted octanol–water partition coefficient (Wildman–Crippen LogP) is 3.24. The SMILES string of the molecule is O=C(COC(=O)c1cc(Br)c[nH]1)Nc1ccc([N+](=O)[O-])cc1Br. The molecule has 0 atom stereocenters. The van der Waals surface area contributed by atoms with Gasteiger partial charge in [0.15, 0.2) is 6.61 Å². The third-order valence-electron chi connectivity index (χ3n) is 2.64. The highest BCUT2D eigenvalue weighted by atomic mass is 79.9. The molecule has 0 aliphatic heterocycles. The lowest BCUT2D eigenvalue weighted by molar-refractivity contribution is -0.384. The molecule has 23 heavy (non-hydrogen) atoms. The summed E-state index contributed by atoms with van der Waals surface area (Å²) < 4.78 is 5.88. The highest BCUT2D eigenvalue weighted by molar-refractivity contribution is 9.10. The van der Waals surface area contributed by atoms with Crippen LogP contribution < -0.4 is 5.32 Å². The zero-order valence-corrected chi connectivity index (χ0v) is 14.5. The van der Waals surface area contributed by atoms with Crippen LogP contribution in [0.15, 0.2) is 39.4 Å². The molecule has 2 rings (SSSR count). The van der Waals surface area contributed by atoms with E-state index in [1.165, 1.54) is 24.3 Å². The van der Waals surface area contributed by atoms with Gasteiger partial charge in [-0.15, -0.1) is 0 Å². The average molecular weight is 447 g/mol. The number of nitrogens with one attached hydrogen (secondary N) is 2. The lowest BCUT2D eigenvalue weighted by Gasteiger charge is -2.07. The first-order valence-corrected chi connectivity index (χ1v) is 7.70. The summed E-state index contributed by atoms with van der Waals surface area (Å²) in [5, 5.41) is 13.1. The third kappa shape index (κ3) is 4.63. The number of anilines is 1. The van der Waals surface area contributed by atoms with Gasteiger partial charge in [-0.05, 0) is 44.0 Å². The summed E-state index contributed by atoms with van der Waals surface area (Å²) in [5.74, 6) is -1.24. The first-order chi connectivity index (χ1) is 10.9. The van der Waals surface area contributed by atoms with E-state index < -0.39 is 23.4 Å². The molecule has 8 nitrogen and oxygen atoms in total. The van der Waals surface area contributed by atoms with Gasteiger partial charge >= 0.3 is 5.97 Å². The molecule has 0 fully saturated rings. The van der Waals surface area contributed by atoms with Crippen molar-refractivity contribution in [1.29, 1.82) is 0 Å². The molecule has 1 heterocycles. The monoisotopic (exact) mass is 445 g/mol. The van der Waals surface area contributed by atoms with E-state index in [1.54, 1.807) is 6.20 Å². The number of hydrogen-bond acceptors (Lipinski definition) is 5. The topological polar surface area (TPSA) is 114 Å². The van der Waals surface area contributed by atoms with Crippen LogP contribution in [0.5, 0.6) is 0 Å². The summed E-state index contributed by atoms with van der Waals surface area (Å²) in [4.78, 5) is 36.2. The fraction of sp³-hybridized carbons (Fsp3) is 0.0769. The average Bonchev–Trinajstić information content (AvgIpc) is 2.93. The maximum Gasteiger partial charge on any atom is 0.355 e. The van der Waals surface area contributed by atoms with Gasteiger partial charge in [-0.2, -0.15) is 0 Å². The van der Waals surface area contributed by atoms with Gasteiger partial charge in [0.2, 0.25) is 0 Å². The molecule has 2 N–H and O–H groups in total. The van der Waals surface area contributed by atoms with Gasteiger partial charge < -0.3 is 15.0 Å². The second kappa shape index (κ2) is 7.38. The number of hydrogen-bond donors (Lipinski definition) is 2. The van der Waals surface area contributed by atoms with Crippen molar-refractivity contribution >= 4 is 55.1 Å². The van der Waals surface area contributed by atoms with Crippen molar-refractivity contribution in [3.63, 3.8) is 0 Å². The summed E-state index contributed by atoms with van der Waals surface area (Å²) in [7, 11) is 0. The van der Waals surface area contributed by atoms with Crippen molar-refractivity contribution < 1.29 is 19.2 Å².